The summed E-state index contributed by atoms with van der Waals surface area (Å²) in [5.41, 5.74) is 1.28. The molecule has 0 amide bonds. The van der Waals surface area contributed by atoms with Crippen molar-refractivity contribution in [1.29, 1.82) is 0 Å². The minimum Gasteiger partial charge on any atom is -0.303 e. The van der Waals surface area contributed by atoms with Crippen LogP contribution in [0.4, 0.5) is 0 Å². The van der Waals surface area contributed by atoms with Crippen LogP contribution < -0.4 is 4.72 Å². The molecule has 6 nitrogen and oxygen atoms in total. The van der Waals surface area contributed by atoms with Crippen molar-refractivity contribution < 1.29 is 8.42 Å². The smallest absolute Gasteiger partial charge is 0.211 e. The highest BCUT2D eigenvalue weighted by Gasteiger charge is 2.23. The predicted molar refractivity (Wildman–Crippen MR) is 79.1 cm³/mol. The van der Waals surface area contributed by atoms with Gasteiger partial charge in [0.2, 0.25) is 10.0 Å². The lowest BCUT2D eigenvalue weighted by Gasteiger charge is -2.32. The van der Waals surface area contributed by atoms with E-state index in [0.29, 0.717) is 12.3 Å². The molecule has 0 unspecified atom stereocenters. The van der Waals surface area contributed by atoms with E-state index in [-0.39, 0.29) is 5.75 Å². The number of nitrogens with one attached hydrogen (secondary N) is 1. The van der Waals surface area contributed by atoms with Crippen molar-refractivity contribution in [3.05, 3.63) is 18.0 Å². The van der Waals surface area contributed by atoms with Gasteiger partial charge in [-0.05, 0) is 45.5 Å². The number of likely N-dealkylation sites (tertiary alicyclic amines) is 1. The molecule has 1 N–H and O–H groups in total. The zero-order chi connectivity index (χ0) is 14.6. The van der Waals surface area contributed by atoms with Gasteiger partial charge in [-0.3, -0.25) is 4.68 Å². The van der Waals surface area contributed by atoms with E-state index in [1.54, 1.807) is 0 Å². The number of nitrogens with zero attached hydrogens (tertiary/aromatic N) is 3. The molecule has 20 heavy (non-hydrogen) atoms. The molecule has 0 spiro atoms. The van der Waals surface area contributed by atoms with Gasteiger partial charge >= 0.3 is 0 Å². The lowest BCUT2D eigenvalue weighted by Crippen LogP contribution is -2.36. The van der Waals surface area contributed by atoms with Crippen LogP contribution in [0.2, 0.25) is 0 Å². The zero-order valence-corrected chi connectivity index (χ0v) is 13.1. The van der Waals surface area contributed by atoms with Gasteiger partial charge in [0, 0.05) is 31.4 Å². The van der Waals surface area contributed by atoms with Crippen LogP contribution in [0.3, 0.4) is 0 Å². The lowest BCUT2D eigenvalue weighted by molar-refractivity contribution is 0.205. The van der Waals surface area contributed by atoms with Crippen molar-refractivity contribution in [2.75, 3.05) is 32.4 Å². The molecule has 1 aromatic rings. The monoisotopic (exact) mass is 300 g/mol. The van der Waals surface area contributed by atoms with Crippen molar-refractivity contribution >= 4 is 10.0 Å². The normalized spacial score (nSPS) is 21.2. The van der Waals surface area contributed by atoms with Crippen molar-refractivity contribution in [2.24, 2.45) is 7.05 Å². The number of aryl methyl sites for hydroxylation is 1. The second-order valence-electron chi connectivity index (χ2n) is 5.40. The molecular weight excluding hydrogens is 276 g/mol. The molecular formula is C13H24N4O2S. The van der Waals surface area contributed by atoms with Gasteiger partial charge < -0.3 is 4.90 Å². The summed E-state index contributed by atoms with van der Waals surface area (Å²) in [6.45, 7) is 2.91. The molecule has 1 saturated heterocycles. The average molecular weight is 300 g/mol. The summed E-state index contributed by atoms with van der Waals surface area (Å²) < 4.78 is 27.1. The van der Waals surface area contributed by atoms with E-state index in [1.807, 2.05) is 17.9 Å². The molecule has 1 aliphatic heterocycles. The third-order valence-electron chi connectivity index (χ3n) is 3.98. The molecule has 114 valence electrons. The summed E-state index contributed by atoms with van der Waals surface area (Å²) in [5, 5.41) is 4.23. The fraction of sp³-hybridized carbons (Fsp3) is 0.769. The van der Waals surface area contributed by atoms with Gasteiger partial charge in [0.05, 0.1) is 5.75 Å². The largest absolute Gasteiger partial charge is 0.303 e. The van der Waals surface area contributed by atoms with Crippen LogP contribution in [-0.4, -0.2) is 55.5 Å². The van der Waals surface area contributed by atoms with E-state index in [1.165, 1.54) is 19.2 Å². The fourth-order valence-corrected chi connectivity index (χ4v) is 3.58. The van der Waals surface area contributed by atoms with Crippen LogP contribution >= 0.6 is 0 Å². The van der Waals surface area contributed by atoms with E-state index < -0.39 is 10.0 Å². The molecule has 1 fully saturated rings. The molecule has 0 bridgehead atoms. The zero-order valence-electron chi connectivity index (χ0n) is 12.2. The number of hydrogen-bond acceptors (Lipinski definition) is 4. The third kappa shape index (κ3) is 4.04. The average Bonchev–Trinajstić information content (AvgIpc) is 2.85. The van der Waals surface area contributed by atoms with E-state index in [9.17, 15) is 8.42 Å². The Hall–Kier alpha value is -0.920. The van der Waals surface area contributed by atoms with E-state index >= 15 is 0 Å². The Balaban J connectivity index is 1.84. The molecule has 1 atom stereocenters. The molecule has 0 saturated carbocycles. The van der Waals surface area contributed by atoms with Gasteiger partial charge in [-0.15, -0.1) is 0 Å². The maximum Gasteiger partial charge on any atom is 0.211 e. The molecule has 1 aliphatic rings. The Kier molecular flexibility index (Phi) is 5.17. The molecule has 2 heterocycles. The molecule has 1 aromatic heterocycles. The highest BCUT2D eigenvalue weighted by atomic mass is 32.2. The van der Waals surface area contributed by atoms with Gasteiger partial charge in [0.15, 0.2) is 0 Å². The maximum atomic E-state index is 11.4. The van der Waals surface area contributed by atoms with Crippen LogP contribution in [-0.2, 0) is 17.1 Å². The summed E-state index contributed by atoms with van der Waals surface area (Å²) >= 11 is 0. The summed E-state index contributed by atoms with van der Waals surface area (Å²) in [7, 11) is 0.372. The van der Waals surface area contributed by atoms with Gasteiger partial charge in [0.25, 0.3) is 0 Å². The number of rotatable bonds is 6. The first kappa shape index (κ1) is 15.5. The Morgan fingerprint density at radius 3 is 2.95 bits per heavy atom. The predicted octanol–water partition coefficient (Wildman–Crippen LogP) is 0.539. The summed E-state index contributed by atoms with van der Waals surface area (Å²) in [5.74, 6) is 0.716. The number of piperidine rings is 1. The summed E-state index contributed by atoms with van der Waals surface area (Å²) in [6.07, 6.45) is 4.87. The molecule has 0 aliphatic carbocycles. The topological polar surface area (TPSA) is 67.2 Å². The minimum absolute atomic E-state index is 0.205. The first-order chi connectivity index (χ1) is 9.52. The summed E-state index contributed by atoms with van der Waals surface area (Å²) in [4.78, 5) is 2.37. The van der Waals surface area contributed by atoms with E-state index in [0.717, 1.165) is 26.1 Å². The van der Waals surface area contributed by atoms with Crippen LogP contribution in [0, 0.1) is 0 Å². The van der Waals surface area contributed by atoms with Crippen LogP contribution in [0.25, 0.3) is 0 Å². The fourth-order valence-electron chi connectivity index (χ4n) is 2.86. The Morgan fingerprint density at radius 2 is 2.30 bits per heavy atom. The molecule has 0 radical (unpaired) electrons. The number of sulfonamides is 1. The van der Waals surface area contributed by atoms with Gasteiger partial charge in [-0.2, -0.15) is 5.10 Å². The second kappa shape index (κ2) is 6.69. The Bertz CT molecular complexity index is 526. The van der Waals surface area contributed by atoms with Crippen molar-refractivity contribution in [1.82, 2.24) is 19.4 Å². The second-order valence-corrected chi connectivity index (χ2v) is 7.44. The number of aromatic nitrogens is 2. The van der Waals surface area contributed by atoms with Crippen molar-refractivity contribution in [3.63, 3.8) is 0 Å². The maximum absolute atomic E-state index is 11.4. The highest BCUT2D eigenvalue weighted by Crippen LogP contribution is 2.26. The molecule has 2 rings (SSSR count). The Morgan fingerprint density at radius 1 is 1.50 bits per heavy atom. The third-order valence-corrected chi connectivity index (χ3v) is 5.43. The number of hydrogen-bond donors (Lipinski definition) is 1. The van der Waals surface area contributed by atoms with Crippen molar-refractivity contribution in [3.8, 4) is 0 Å². The first-order valence-corrected chi connectivity index (χ1v) is 8.78. The van der Waals surface area contributed by atoms with Crippen molar-refractivity contribution in [2.45, 2.75) is 25.2 Å². The van der Waals surface area contributed by atoms with E-state index in [4.69, 9.17) is 0 Å². The minimum atomic E-state index is -3.07. The SMILES string of the molecule is CNS(=O)(=O)CCCN1CCC[C@@H](c2ccnn2C)C1. The highest BCUT2D eigenvalue weighted by molar-refractivity contribution is 7.89. The first-order valence-electron chi connectivity index (χ1n) is 7.13. The van der Waals surface area contributed by atoms with Gasteiger partial charge in [-0.25, -0.2) is 13.1 Å². The molecule has 0 aromatic carbocycles. The van der Waals surface area contributed by atoms with E-state index in [2.05, 4.69) is 20.8 Å². The quantitative estimate of drug-likeness (QED) is 0.832. The van der Waals surface area contributed by atoms with Crippen LogP contribution in [0.1, 0.15) is 30.9 Å². The van der Waals surface area contributed by atoms with Gasteiger partial charge in [0.1, 0.15) is 0 Å². The van der Waals surface area contributed by atoms with Crippen LogP contribution in [0.15, 0.2) is 12.3 Å². The lowest BCUT2D eigenvalue weighted by atomic mass is 9.94. The summed E-state index contributed by atoms with van der Waals surface area (Å²) in [6, 6.07) is 2.08. The van der Waals surface area contributed by atoms with Gasteiger partial charge in [-0.1, -0.05) is 0 Å². The standard InChI is InChI=1S/C13H24N4O2S/c1-14-20(18,19)10-4-9-17-8-3-5-12(11-17)13-6-7-15-16(13)2/h6-7,12,14H,3-5,8-11H2,1-2H3/t12-/m1/s1. The van der Waals surface area contributed by atoms with Crippen LogP contribution in [0.5, 0.6) is 0 Å². The molecule has 7 heteroatoms. The Labute approximate surface area is 121 Å².